The first-order chi connectivity index (χ1) is 8.59. The third kappa shape index (κ3) is 7.59. The number of hydrogen-bond acceptors (Lipinski definition) is 2. The maximum absolute atomic E-state index is 13.2. The molecule has 0 spiro atoms. The molecule has 1 aromatic rings. The standard InChI is InChI=1S/C14H19FN2O.ClH/c1-17(2)11-5-10-16-14(18)9-8-12-6-3-4-7-13(12)15;/h3-4,6-9H,5,10-11H2,1-2H3,(H,16,18);1H/b9-8+;. The summed E-state index contributed by atoms with van der Waals surface area (Å²) in [4.78, 5) is 13.5. The predicted molar refractivity (Wildman–Crippen MR) is 78.9 cm³/mol. The van der Waals surface area contributed by atoms with E-state index in [0.717, 1.165) is 13.0 Å². The van der Waals surface area contributed by atoms with E-state index in [1.807, 2.05) is 14.1 Å². The lowest BCUT2D eigenvalue weighted by Gasteiger charge is -2.08. The van der Waals surface area contributed by atoms with E-state index in [-0.39, 0.29) is 24.1 Å². The Morgan fingerprint density at radius 1 is 1.37 bits per heavy atom. The van der Waals surface area contributed by atoms with Gasteiger partial charge in [0.05, 0.1) is 0 Å². The van der Waals surface area contributed by atoms with Crippen LogP contribution in [0.1, 0.15) is 12.0 Å². The molecule has 0 saturated carbocycles. The van der Waals surface area contributed by atoms with E-state index in [2.05, 4.69) is 10.2 Å². The Kier molecular flexibility index (Phi) is 8.83. The third-order valence-electron chi connectivity index (χ3n) is 2.40. The van der Waals surface area contributed by atoms with Crippen LogP contribution in [0.25, 0.3) is 6.08 Å². The van der Waals surface area contributed by atoms with E-state index in [1.54, 1.807) is 18.2 Å². The Balaban J connectivity index is 0.00000324. The van der Waals surface area contributed by atoms with E-state index < -0.39 is 0 Å². The second-order valence-corrected chi connectivity index (χ2v) is 4.30. The molecule has 3 nitrogen and oxygen atoms in total. The molecule has 0 aliphatic carbocycles. The number of nitrogens with one attached hydrogen (secondary N) is 1. The minimum Gasteiger partial charge on any atom is -0.353 e. The molecule has 1 amide bonds. The summed E-state index contributed by atoms with van der Waals surface area (Å²) in [6.07, 6.45) is 3.73. The highest BCUT2D eigenvalue weighted by Crippen LogP contribution is 2.07. The highest BCUT2D eigenvalue weighted by atomic mass is 35.5. The molecule has 19 heavy (non-hydrogen) atoms. The number of amides is 1. The Morgan fingerprint density at radius 2 is 2.05 bits per heavy atom. The van der Waals surface area contributed by atoms with Crippen LogP contribution in [0.15, 0.2) is 30.3 Å². The van der Waals surface area contributed by atoms with Crippen molar-refractivity contribution in [3.8, 4) is 0 Å². The smallest absolute Gasteiger partial charge is 0.244 e. The van der Waals surface area contributed by atoms with Crippen LogP contribution in [-0.2, 0) is 4.79 Å². The Hall–Kier alpha value is -1.39. The quantitative estimate of drug-likeness (QED) is 0.643. The van der Waals surface area contributed by atoms with E-state index in [0.29, 0.717) is 12.1 Å². The molecule has 0 unspecified atom stereocenters. The molecule has 0 saturated heterocycles. The lowest BCUT2D eigenvalue weighted by molar-refractivity contribution is -0.116. The van der Waals surface area contributed by atoms with Crippen molar-refractivity contribution in [1.82, 2.24) is 10.2 Å². The summed E-state index contributed by atoms with van der Waals surface area (Å²) in [6.45, 7) is 1.55. The first kappa shape index (κ1) is 17.6. The van der Waals surface area contributed by atoms with Gasteiger partial charge in [0.1, 0.15) is 5.82 Å². The molecule has 1 aromatic carbocycles. The number of carbonyl (C=O) groups is 1. The molecule has 0 aliphatic rings. The highest BCUT2D eigenvalue weighted by Gasteiger charge is 1.98. The molecule has 0 radical (unpaired) electrons. The van der Waals surface area contributed by atoms with Crippen molar-refractivity contribution in [2.45, 2.75) is 6.42 Å². The van der Waals surface area contributed by atoms with Crippen molar-refractivity contribution < 1.29 is 9.18 Å². The van der Waals surface area contributed by atoms with Crippen LogP contribution < -0.4 is 5.32 Å². The summed E-state index contributed by atoms with van der Waals surface area (Å²) < 4.78 is 13.2. The van der Waals surface area contributed by atoms with Gasteiger partial charge in [-0.15, -0.1) is 12.4 Å². The van der Waals surface area contributed by atoms with Crippen molar-refractivity contribution in [2.24, 2.45) is 0 Å². The fourth-order valence-electron chi connectivity index (χ4n) is 1.44. The summed E-state index contributed by atoms with van der Waals surface area (Å²) in [7, 11) is 3.97. The Morgan fingerprint density at radius 3 is 2.68 bits per heavy atom. The van der Waals surface area contributed by atoms with Crippen molar-refractivity contribution in [2.75, 3.05) is 27.2 Å². The van der Waals surface area contributed by atoms with Crippen LogP contribution in [0.2, 0.25) is 0 Å². The third-order valence-corrected chi connectivity index (χ3v) is 2.40. The van der Waals surface area contributed by atoms with E-state index in [4.69, 9.17) is 0 Å². The van der Waals surface area contributed by atoms with Gasteiger partial charge in [-0.3, -0.25) is 4.79 Å². The highest BCUT2D eigenvalue weighted by molar-refractivity contribution is 5.91. The van der Waals surface area contributed by atoms with Gasteiger partial charge in [0.15, 0.2) is 0 Å². The summed E-state index contributed by atoms with van der Waals surface area (Å²) >= 11 is 0. The van der Waals surface area contributed by atoms with Crippen molar-refractivity contribution in [3.63, 3.8) is 0 Å². The molecule has 0 fully saturated rings. The normalized spacial score (nSPS) is 10.5. The molecule has 5 heteroatoms. The number of benzene rings is 1. The van der Waals surface area contributed by atoms with Crippen LogP contribution in [0.3, 0.4) is 0 Å². The van der Waals surface area contributed by atoms with Gasteiger partial charge in [-0.2, -0.15) is 0 Å². The molecule has 106 valence electrons. The zero-order valence-electron chi connectivity index (χ0n) is 11.2. The van der Waals surface area contributed by atoms with Crippen LogP contribution in [0, 0.1) is 5.82 Å². The largest absolute Gasteiger partial charge is 0.353 e. The van der Waals surface area contributed by atoms with Crippen molar-refractivity contribution >= 4 is 24.4 Å². The molecule has 0 aliphatic heterocycles. The Bertz CT molecular complexity index is 422. The second-order valence-electron chi connectivity index (χ2n) is 4.30. The SMILES string of the molecule is CN(C)CCCNC(=O)/C=C/c1ccccc1F.Cl. The lowest BCUT2D eigenvalue weighted by Crippen LogP contribution is -2.25. The monoisotopic (exact) mass is 286 g/mol. The number of rotatable bonds is 6. The Labute approximate surface area is 119 Å². The summed E-state index contributed by atoms with van der Waals surface area (Å²) in [5.74, 6) is -0.522. The minimum absolute atomic E-state index is 0. The summed E-state index contributed by atoms with van der Waals surface area (Å²) in [5.41, 5.74) is 0.418. The first-order valence-corrected chi connectivity index (χ1v) is 5.95. The van der Waals surface area contributed by atoms with Gasteiger partial charge in [0.25, 0.3) is 0 Å². The van der Waals surface area contributed by atoms with Crippen LogP contribution in [0.4, 0.5) is 4.39 Å². The second kappa shape index (κ2) is 9.53. The van der Waals surface area contributed by atoms with E-state index >= 15 is 0 Å². The average molecular weight is 287 g/mol. The molecule has 0 atom stereocenters. The predicted octanol–water partition coefficient (Wildman–Crippen LogP) is 2.33. The van der Waals surface area contributed by atoms with Crippen LogP contribution >= 0.6 is 12.4 Å². The molecule has 0 heterocycles. The van der Waals surface area contributed by atoms with E-state index in [9.17, 15) is 9.18 Å². The zero-order valence-corrected chi connectivity index (χ0v) is 12.0. The number of halogens is 2. The molecule has 0 bridgehead atoms. The maximum Gasteiger partial charge on any atom is 0.244 e. The molecule has 0 aromatic heterocycles. The van der Waals surface area contributed by atoms with E-state index in [1.165, 1.54) is 18.2 Å². The van der Waals surface area contributed by atoms with Crippen molar-refractivity contribution in [1.29, 1.82) is 0 Å². The topological polar surface area (TPSA) is 32.3 Å². The molecular weight excluding hydrogens is 267 g/mol. The molecule has 1 rings (SSSR count). The van der Waals surface area contributed by atoms with Gasteiger partial charge >= 0.3 is 0 Å². The zero-order chi connectivity index (χ0) is 13.4. The van der Waals surface area contributed by atoms with Gasteiger partial charge < -0.3 is 10.2 Å². The number of hydrogen-bond donors (Lipinski definition) is 1. The van der Waals surface area contributed by atoms with Gasteiger partial charge in [-0.05, 0) is 39.2 Å². The van der Waals surface area contributed by atoms with Gasteiger partial charge in [0, 0.05) is 18.2 Å². The summed E-state index contributed by atoms with van der Waals surface area (Å²) in [6, 6.07) is 6.35. The number of carbonyl (C=O) groups excluding carboxylic acids is 1. The fraction of sp³-hybridized carbons (Fsp3) is 0.357. The maximum atomic E-state index is 13.2. The van der Waals surface area contributed by atoms with Gasteiger partial charge in [0.2, 0.25) is 5.91 Å². The lowest BCUT2D eigenvalue weighted by atomic mass is 10.2. The van der Waals surface area contributed by atoms with Crippen LogP contribution in [-0.4, -0.2) is 38.0 Å². The van der Waals surface area contributed by atoms with Gasteiger partial charge in [-0.25, -0.2) is 4.39 Å². The van der Waals surface area contributed by atoms with Crippen LogP contribution in [0.5, 0.6) is 0 Å². The first-order valence-electron chi connectivity index (χ1n) is 5.95. The fourth-order valence-corrected chi connectivity index (χ4v) is 1.44. The molecular formula is C14H20ClFN2O. The van der Waals surface area contributed by atoms with Gasteiger partial charge in [-0.1, -0.05) is 18.2 Å². The minimum atomic E-state index is -0.325. The summed E-state index contributed by atoms with van der Waals surface area (Å²) in [5, 5.41) is 2.75. The average Bonchev–Trinajstić information content (AvgIpc) is 2.33. The number of nitrogens with zero attached hydrogens (tertiary/aromatic N) is 1. The molecule has 1 N–H and O–H groups in total. The van der Waals surface area contributed by atoms with Crippen molar-refractivity contribution in [3.05, 3.63) is 41.7 Å².